The number of aromatic nitrogens is 3. The molecule has 4 rings (SSSR count). The van der Waals surface area contributed by atoms with Crippen molar-refractivity contribution >= 4 is 10.9 Å². The largest absolute Gasteiger partial charge is 0.337 e. The fourth-order valence-corrected chi connectivity index (χ4v) is 3.62. The number of nitrogens with zero attached hydrogens (tertiary/aromatic N) is 4. The molecule has 0 amide bonds. The van der Waals surface area contributed by atoms with Crippen LogP contribution >= 0.6 is 0 Å². The number of hydrogen-bond donors (Lipinski definition) is 0. The third kappa shape index (κ3) is 2.99. The van der Waals surface area contributed by atoms with Crippen molar-refractivity contribution in [3.8, 4) is 0 Å². The lowest BCUT2D eigenvalue weighted by Gasteiger charge is -2.16. The fourth-order valence-electron chi connectivity index (χ4n) is 3.62. The number of aryl methyl sites for hydroxylation is 1. The summed E-state index contributed by atoms with van der Waals surface area (Å²) in [5, 5.41) is 1.30. The topological polar surface area (TPSA) is 34.0 Å². The molecule has 0 bridgehead atoms. The second-order valence-corrected chi connectivity index (χ2v) is 6.54. The Morgan fingerprint density at radius 1 is 1.13 bits per heavy atom. The molecule has 118 valence electrons. The van der Waals surface area contributed by atoms with Gasteiger partial charge in [-0.25, -0.2) is 4.98 Å². The highest BCUT2D eigenvalue weighted by Gasteiger charge is 2.24. The molecule has 0 aliphatic carbocycles. The molecule has 0 saturated carbocycles. The Kier molecular flexibility index (Phi) is 3.83. The van der Waals surface area contributed by atoms with Crippen molar-refractivity contribution in [2.24, 2.45) is 13.0 Å². The van der Waals surface area contributed by atoms with Gasteiger partial charge in [-0.3, -0.25) is 9.88 Å². The van der Waals surface area contributed by atoms with E-state index in [0.717, 1.165) is 36.8 Å². The van der Waals surface area contributed by atoms with E-state index >= 15 is 0 Å². The summed E-state index contributed by atoms with van der Waals surface area (Å²) in [4.78, 5) is 11.4. The van der Waals surface area contributed by atoms with E-state index in [1.165, 1.54) is 23.9 Å². The molecule has 1 fully saturated rings. The van der Waals surface area contributed by atoms with Crippen LogP contribution in [0.25, 0.3) is 10.9 Å². The number of fused-ring (bicyclic) bond motifs is 1. The first kappa shape index (κ1) is 14.4. The van der Waals surface area contributed by atoms with Crippen molar-refractivity contribution in [1.82, 2.24) is 19.4 Å². The van der Waals surface area contributed by atoms with Gasteiger partial charge in [0.2, 0.25) is 0 Å². The van der Waals surface area contributed by atoms with Crippen LogP contribution in [-0.2, 0) is 20.0 Å². The summed E-state index contributed by atoms with van der Waals surface area (Å²) in [5.74, 6) is 1.88. The SMILES string of the molecule is Cn1ccnc1CN1CCC(Cc2ccnc3ccccc23)C1. The van der Waals surface area contributed by atoms with E-state index in [0.29, 0.717) is 0 Å². The predicted octanol–water partition coefficient (Wildman–Crippen LogP) is 3.03. The molecule has 1 unspecified atom stereocenters. The number of imidazole rings is 1. The van der Waals surface area contributed by atoms with Crippen LogP contribution in [0, 0.1) is 5.92 Å². The van der Waals surface area contributed by atoms with Crippen LogP contribution in [0.4, 0.5) is 0 Å². The highest BCUT2D eigenvalue weighted by Crippen LogP contribution is 2.25. The van der Waals surface area contributed by atoms with Crippen LogP contribution in [0.15, 0.2) is 48.9 Å². The average molecular weight is 306 g/mol. The van der Waals surface area contributed by atoms with E-state index in [-0.39, 0.29) is 0 Å². The molecule has 23 heavy (non-hydrogen) atoms. The first-order valence-corrected chi connectivity index (χ1v) is 8.31. The van der Waals surface area contributed by atoms with Crippen LogP contribution in [0.2, 0.25) is 0 Å². The molecule has 4 heteroatoms. The van der Waals surface area contributed by atoms with Gasteiger partial charge in [0.15, 0.2) is 0 Å². The monoisotopic (exact) mass is 306 g/mol. The standard InChI is InChI=1S/C19H22N4/c1-22-11-9-21-19(22)14-23-10-7-15(13-23)12-16-6-8-20-18-5-3-2-4-17(16)18/h2-6,8-9,11,15H,7,10,12-14H2,1H3. The molecule has 4 nitrogen and oxygen atoms in total. The normalized spacial score (nSPS) is 18.7. The number of likely N-dealkylation sites (tertiary alicyclic amines) is 1. The van der Waals surface area contributed by atoms with E-state index in [2.05, 4.69) is 56.8 Å². The highest BCUT2D eigenvalue weighted by atomic mass is 15.2. The zero-order valence-corrected chi connectivity index (χ0v) is 13.5. The second-order valence-electron chi connectivity index (χ2n) is 6.54. The molecule has 1 aromatic carbocycles. The smallest absolute Gasteiger partial charge is 0.122 e. The first-order valence-electron chi connectivity index (χ1n) is 8.31. The highest BCUT2D eigenvalue weighted by molar-refractivity contribution is 5.81. The molecule has 1 aliphatic rings. The molecule has 1 saturated heterocycles. The third-order valence-corrected chi connectivity index (χ3v) is 4.90. The van der Waals surface area contributed by atoms with Gasteiger partial charge in [0, 0.05) is 37.6 Å². The van der Waals surface area contributed by atoms with Crippen LogP contribution in [-0.4, -0.2) is 32.5 Å². The summed E-state index contributed by atoms with van der Waals surface area (Å²) in [6, 6.07) is 10.6. The minimum atomic E-state index is 0.723. The second kappa shape index (κ2) is 6.13. The lowest BCUT2D eigenvalue weighted by Crippen LogP contribution is -2.22. The van der Waals surface area contributed by atoms with Crippen molar-refractivity contribution in [3.05, 3.63) is 60.3 Å². The van der Waals surface area contributed by atoms with Crippen LogP contribution in [0.5, 0.6) is 0 Å². The molecule has 0 spiro atoms. The molecular weight excluding hydrogens is 284 g/mol. The van der Waals surface area contributed by atoms with Gasteiger partial charge in [-0.05, 0) is 43.0 Å². The first-order chi connectivity index (χ1) is 11.3. The van der Waals surface area contributed by atoms with E-state index in [1.807, 2.05) is 18.6 Å². The molecule has 2 aromatic heterocycles. The zero-order valence-electron chi connectivity index (χ0n) is 13.5. The number of para-hydroxylation sites is 1. The Hall–Kier alpha value is -2.20. The molecule has 3 heterocycles. The van der Waals surface area contributed by atoms with Gasteiger partial charge in [0.25, 0.3) is 0 Å². The van der Waals surface area contributed by atoms with E-state index in [1.54, 1.807) is 0 Å². The van der Waals surface area contributed by atoms with Crippen molar-refractivity contribution in [3.63, 3.8) is 0 Å². The molecular formula is C19H22N4. The van der Waals surface area contributed by atoms with Crippen LogP contribution in [0.3, 0.4) is 0 Å². The summed E-state index contributed by atoms with van der Waals surface area (Å²) >= 11 is 0. The Balaban J connectivity index is 1.45. The zero-order chi connectivity index (χ0) is 15.6. The minimum absolute atomic E-state index is 0.723. The summed E-state index contributed by atoms with van der Waals surface area (Å²) in [6.07, 6.45) is 8.25. The number of benzene rings is 1. The lowest BCUT2D eigenvalue weighted by molar-refractivity contribution is 0.305. The summed E-state index contributed by atoms with van der Waals surface area (Å²) in [6.45, 7) is 3.28. The van der Waals surface area contributed by atoms with E-state index in [4.69, 9.17) is 0 Å². The van der Waals surface area contributed by atoms with E-state index < -0.39 is 0 Å². The maximum Gasteiger partial charge on any atom is 0.122 e. The molecule has 1 aliphatic heterocycles. The summed E-state index contributed by atoms with van der Waals surface area (Å²) in [5.41, 5.74) is 2.53. The Bertz CT molecular complexity index is 802. The van der Waals surface area contributed by atoms with Crippen molar-refractivity contribution in [1.29, 1.82) is 0 Å². The predicted molar refractivity (Wildman–Crippen MR) is 92.0 cm³/mol. The number of hydrogen-bond acceptors (Lipinski definition) is 3. The van der Waals surface area contributed by atoms with Gasteiger partial charge in [-0.1, -0.05) is 18.2 Å². The molecule has 1 atom stereocenters. The van der Waals surface area contributed by atoms with Crippen molar-refractivity contribution in [2.75, 3.05) is 13.1 Å². The Morgan fingerprint density at radius 3 is 2.91 bits per heavy atom. The van der Waals surface area contributed by atoms with Gasteiger partial charge in [0.1, 0.15) is 5.82 Å². The maximum absolute atomic E-state index is 4.47. The van der Waals surface area contributed by atoms with Gasteiger partial charge in [0.05, 0.1) is 12.1 Å². The number of pyridine rings is 1. The summed E-state index contributed by atoms with van der Waals surface area (Å²) in [7, 11) is 2.07. The van der Waals surface area contributed by atoms with Gasteiger partial charge in [-0.2, -0.15) is 0 Å². The molecule has 0 radical (unpaired) electrons. The third-order valence-electron chi connectivity index (χ3n) is 4.90. The lowest BCUT2D eigenvalue weighted by atomic mass is 9.96. The van der Waals surface area contributed by atoms with Gasteiger partial charge in [-0.15, -0.1) is 0 Å². The van der Waals surface area contributed by atoms with Gasteiger partial charge >= 0.3 is 0 Å². The maximum atomic E-state index is 4.47. The average Bonchev–Trinajstić information content (AvgIpc) is 3.18. The van der Waals surface area contributed by atoms with Crippen LogP contribution < -0.4 is 0 Å². The van der Waals surface area contributed by atoms with Crippen LogP contribution in [0.1, 0.15) is 17.8 Å². The van der Waals surface area contributed by atoms with Crippen molar-refractivity contribution in [2.45, 2.75) is 19.4 Å². The van der Waals surface area contributed by atoms with E-state index in [9.17, 15) is 0 Å². The summed E-state index contributed by atoms with van der Waals surface area (Å²) < 4.78 is 2.11. The quantitative estimate of drug-likeness (QED) is 0.743. The van der Waals surface area contributed by atoms with Gasteiger partial charge < -0.3 is 4.57 Å². The fraction of sp³-hybridized carbons (Fsp3) is 0.368. The molecule has 0 N–H and O–H groups in total. The Labute approximate surface area is 136 Å². The molecule has 3 aromatic rings. The minimum Gasteiger partial charge on any atom is -0.337 e. The Morgan fingerprint density at radius 2 is 2.04 bits per heavy atom. The number of rotatable bonds is 4. The van der Waals surface area contributed by atoms with Crippen molar-refractivity contribution < 1.29 is 0 Å².